The number of hydrogen-bond donors (Lipinski definition) is 0. The molecule has 0 aromatic heterocycles. The molecular formula is C36H32O12. The van der Waals surface area contributed by atoms with E-state index in [2.05, 4.69) is 29.6 Å². The summed E-state index contributed by atoms with van der Waals surface area (Å²) < 4.78 is 10.2. The van der Waals surface area contributed by atoms with Crippen molar-refractivity contribution in [2.24, 2.45) is 11.8 Å². The van der Waals surface area contributed by atoms with E-state index in [4.69, 9.17) is 9.47 Å². The summed E-state index contributed by atoms with van der Waals surface area (Å²) in [6, 6.07) is 32.4. The molecule has 2 atom stereocenters. The number of rotatable bonds is 12. The van der Waals surface area contributed by atoms with E-state index in [9.17, 15) is 19.2 Å². The van der Waals surface area contributed by atoms with Crippen molar-refractivity contribution in [2.75, 3.05) is 13.2 Å². The largest absolute Gasteiger partial charge is 0.543 e. The van der Waals surface area contributed by atoms with Gasteiger partial charge in [-0.05, 0) is 71.2 Å². The molecule has 48 heavy (non-hydrogen) atoms. The molecule has 2 unspecified atom stereocenters. The van der Waals surface area contributed by atoms with E-state index in [1.54, 1.807) is 48.5 Å². The van der Waals surface area contributed by atoms with Gasteiger partial charge >= 0.3 is 24.2 Å². The smallest absolute Gasteiger partial charge is 0.432 e. The zero-order valence-corrected chi connectivity index (χ0v) is 25.7. The Hall–Kier alpha value is -5.72. The molecule has 0 amide bonds. The first kappa shape index (κ1) is 33.6. The highest BCUT2D eigenvalue weighted by atomic mass is 17.5. The molecule has 4 aromatic carbocycles. The van der Waals surface area contributed by atoms with Gasteiger partial charge in [-0.1, -0.05) is 97.8 Å². The monoisotopic (exact) mass is 656 g/mol. The lowest BCUT2D eigenvalue weighted by Crippen LogP contribution is -2.30. The number of carbonyl (C=O) groups excluding carboxylic acids is 4. The fourth-order valence-electron chi connectivity index (χ4n) is 5.23. The number of ether oxygens (including phenoxy) is 2. The Labute approximate surface area is 275 Å². The van der Waals surface area contributed by atoms with E-state index >= 15 is 0 Å². The lowest BCUT2D eigenvalue weighted by atomic mass is 9.80. The average molecular weight is 657 g/mol. The maximum absolute atomic E-state index is 12.2. The van der Waals surface area contributed by atoms with Crippen LogP contribution in [0.15, 0.2) is 109 Å². The fraction of sp³-hybridized carbons (Fsp3) is 0.222. The van der Waals surface area contributed by atoms with Gasteiger partial charge in [-0.3, -0.25) is 9.78 Å². The van der Waals surface area contributed by atoms with Gasteiger partial charge in [0.05, 0.1) is 34.4 Å². The molecule has 1 aliphatic carbocycles. The van der Waals surface area contributed by atoms with Gasteiger partial charge < -0.3 is 9.47 Å². The normalized spacial score (nSPS) is 15.4. The van der Waals surface area contributed by atoms with E-state index in [0.717, 1.165) is 35.1 Å². The number of carbonyl (C=O) groups is 4. The van der Waals surface area contributed by atoms with E-state index < -0.39 is 24.2 Å². The van der Waals surface area contributed by atoms with Gasteiger partial charge in [-0.2, -0.15) is 0 Å². The molecule has 12 heteroatoms. The second-order valence-corrected chi connectivity index (χ2v) is 10.9. The van der Waals surface area contributed by atoms with E-state index in [0.29, 0.717) is 12.8 Å². The van der Waals surface area contributed by atoms with Crippen LogP contribution in [-0.4, -0.2) is 37.5 Å². The predicted molar refractivity (Wildman–Crippen MR) is 167 cm³/mol. The fourth-order valence-corrected chi connectivity index (χ4v) is 5.23. The van der Waals surface area contributed by atoms with Crippen molar-refractivity contribution < 1.29 is 58.3 Å². The maximum Gasteiger partial charge on any atom is 0.543 e. The standard InChI is InChI=1S/C36H32O12/c37-33(29-19-15-27(16-20-29)25-9-3-1-4-10-25)43-47-45-35(39)41-23-31-13-7-8-14-32(31)24-42-36(40)46-48-44-34(38)30-21-17-28(18-22-30)26-11-5-2-6-12-26/h1-6,9-12,15-22,31-32H,7-8,13-14,23-24H2. The van der Waals surface area contributed by atoms with Crippen LogP contribution in [0.2, 0.25) is 0 Å². The summed E-state index contributed by atoms with van der Waals surface area (Å²) in [6.07, 6.45) is 0.734. The second-order valence-electron chi connectivity index (χ2n) is 10.9. The lowest BCUT2D eigenvalue weighted by Gasteiger charge is -2.30. The summed E-state index contributed by atoms with van der Waals surface area (Å²) in [7, 11) is 0. The van der Waals surface area contributed by atoms with E-state index in [1.165, 1.54) is 0 Å². The molecule has 0 radical (unpaired) electrons. The molecule has 1 aliphatic rings. The zero-order valence-electron chi connectivity index (χ0n) is 25.7. The SMILES string of the molecule is O=C(OCC1CCCCC1COC(=O)OOOC(=O)c1ccc(-c2ccccc2)cc1)OOOC(=O)c1ccc(-c2ccccc2)cc1. The summed E-state index contributed by atoms with van der Waals surface area (Å²) in [5, 5.41) is 8.64. The van der Waals surface area contributed by atoms with Crippen LogP contribution in [0.25, 0.3) is 22.3 Å². The summed E-state index contributed by atoms with van der Waals surface area (Å²) in [4.78, 5) is 66.3. The van der Waals surface area contributed by atoms with Crippen molar-refractivity contribution in [3.05, 3.63) is 120 Å². The zero-order chi connectivity index (χ0) is 33.6. The molecule has 0 bridgehead atoms. The molecule has 0 heterocycles. The van der Waals surface area contributed by atoms with Crippen molar-refractivity contribution in [1.29, 1.82) is 0 Å². The van der Waals surface area contributed by atoms with Crippen LogP contribution < -0.4 is 0 Å². The third-order valence-electron chi connectivity index (χ3n) is 7.78. The van der Waals surface area contributed by atoms with Gasteiger partial charge in [0.25, 0.3) is 0 Å². The molecule has 0 N–H and O–H groups in total. The Morgan fingerprint density at radius 1 is 0.458 bits per heavy atom. The minimum atomic E-state index is -1.21. The molecule has 0 saturated heterocycles. The Kier molecular flexibility index (Phi) is 12.1. The molecule has 4 aromatic rings. The Morgan fingerprint density at radius 3 is 1.19 bits per heavy atom. The summed E-state index contributed by atoms with van der Waals surface area (Å²) >= 11 is 0. The van der Waals surface area contributed by atoms with Gasteiger partial charge in [0, 0.05) is 0 Å². The molecule has 0 spiro atoms. The van der Waals surface area contributed by atoms with Gasteiger partial charge in [0.1, 0.15) is 0 Å². The lowest BCUT2D eigenvalue weighted by molar-refractivity contribution is -0.453. The Bertz CT molecular complexity index is 1520. The molecule has 5 rings (SSSR count). The van der Waals surface area contributed by atoms with Crippen molar-refractivity contribution >= 4 is 24.2 Å². The molecule has 248 valence electrons. The van der Waals surface area contributed by atoms with Crippen LogP contribution in [0.3, 0.4) is 0 Å². The predicted octanol–water partition coefficient (Wildman–Crippen LogP) is 7.84. The van der Waals surface area contributed by atoms with Gasteiger partial charge in [0.2, 0.25) is 0 Å². The third kappa shape index (κ3) is 9.89. The first-order valence-corrected chi connectivity index (χ1v) is 15.2. The summed E-state index contributed by atoms with van der Waals surface area (Å²) in [5.74, 6) is -2.06. The summed E-state index contributed by atoms with van der Waals surface area (Å²) in [5.41, 5.74) is 4.17. The number of benzene rings is 4. The molecule has 1 fully saturated rings. The molecule has 1 saturated carbocycles. The van der Waals surface area contributed by atoms with Crippen LogP contribution >= 0.6 is 0 Å². The molecular weight excluding hydrogens is 624 g/mol. The minimum absolute atomic E-state index is 0.0582. The quantitative estimate of drug-likeness (QED) is 0.0833. The Morgan fingerprint density at radius 2 is 0.812 bits per heavy atom. The molecule has 12 nitrogen and oxygen atoms in total. The van der Waals surface area contributed by atoms with Gasteiger partial charge in [-0.25, -0.2) is 29.0 Å². The van der Waals surface area contributed by atoms with Crippen LogP contribution in [0, 0.1) is 11.8 Å². The van der Waals surface area contributed by atoms with Crippen molar-refractivity contribution in [3.63, 3.8) is 0 Å². The van der Waals surface area contributed by atoms with E-state index in [-0.39, 0.29) is 36.2 Å². The Balaban J connectivity index is 0.963. The highest BCUT2D eigenvalue weighted by Crippen LogP contribution is 2.31. The van der Waals surface area contributed by atoms with E-state index in [1.807, 2.05) is 60.7 Å². The highest BCUT2D eigenvalue weighted by molar-refractivity contribution is 5.90. The number of hydrogen-bond acceptors (Lipinski definition) is 12. The topological polar surface area (TPSA) is 142 Å². The minimum Gasteiger partial charge on any atom is -0.432 e. The van der Waals surface area contributed by atoms with Crippen LogP contribution in [0.4, 0.5) is 9.59 Å². The van der Waals surface area contributed by atoms with Crippen LogP contribution in [0.5, 0.6) is 0 Å². The first-order valence-electron chi connectivity index (χ1n) is 15.2. The maximum atomic E-state index is 12.2. The third-order valence-corrected chi connectivity index (χ3v) is 7.78. The van der Waals surface area contributed by atoms with Crippen molar-refractivity contribution in [1.82, 2.24) is 0 Å². The van der Waals surface area contributed by atoms with Gasteiger partial charge in [0.15, 0.2) is 0 Å². The summed E-state index contributed by atoms with van der Waals surface area (Å²) in [6.45, 7) is -0.116. The van der Waals surface area contributed by atoms with Crippen LogP contribution in [0.1, 0.15) is 46.4 Å². The van der Waals surface area contributed by atoms with Gasteiger partial charge in [-0.15, -0.1) is 0 Å². The molecule has 0 aliphatic heterocycles. The average Bonchev–Trinajstić information content (AvgIpc) is 3.14. The van der Waals surface area contributed by atoms with Crippen molar-refractivity contribution in [2.45, 2.75) is 25.7 Å². The second kappa shape index (κ2) is 17.3. The highest BCUT2D eigenvalue weighted by Gasteiger charge is 2.29. The van der Waals surface area contributed by atoms with Crippen molar-refractivity contribution in [3.8, 4) is 22.3 Å². The first-order chi connectivity index (χ1) is 23.5. The van der Waals surface area contributed by atoms with Crippen LogP contribution in [-0.2, 0) is 39.1 Å².